The molecule has 1 saturated heterocycles. The van der Waals surface area contributed by atoms with Crippen molar-refractivity contribution in [2.45, 2.75) is 12.5 Å². The molecular formula is C30H28N2O7. The highest BCUT2D eigenvalue weighted by Crippen LogP contribution is 2.41. The number of H-pyrrole nitrogens is 1. The number of aromatic hydroxyl groups is 1. The minimum absolute atomic E-state index is 0.0204. The van der Waals surface area contributed by atoms with Gasteiger partial charge in [0.15, 0.2) is 11.5 Å². The molecule has 0 saturated carbocycles. The molecule has 5 rings (SSSR count). The maximum Gasteiger partial charge on any atom is 0.295 e. The van der Waals surface area contributed by atoms with Gasteiger partial charge in [-0.1, -0.05) is 12.1 Å². The first kappa shape index (κ1) is 25.7. The maximum atomic E-state index is 13.4. The summed E-state index contributed by atoms with van der Waals surface area (Å²) in [6.45, 7) is 0.192. The molecule has 200 valence electrons. The van der Waals surface area contributed by atoms with Gasteiger partial charge in [-0.05, 0) is 66.1 Å². The fraction of sp³-hybridized carbons (Fsp3) is 0.200. The van der Waals surface area contributed by atoms with Crippen LogP contribution in [0.1, 0.15) is 22.7 Å². The quantitative estimate of drug-likeness (QED) is 0.174. The molecule has 0 bridgehead atoms. The normalized spacial score (nSPS) is 16.6. The van der Waals surface area contributed by atoms with Crippen LogP contribution in [0.3, 0.4) is 0 Å². The highest BCUT2D eigenvalue weighted by molar-refractivity contribution is 6.46. The Labute approximate surface area is 224 Å². The SMILES string of the molecule is COc1ccc2[nH]cc(CCN3C(=O)C(=O)/C(=C(\O)c4ccc(OC)c(OC)c4)C3c3cccc(O)c3)c2c1. The number of aliphatic hydroxyl groups is 1. The monoisotopic (exact) mass is 528 g/mol. The summed E-state index contributed by atoms with van der Waals surface area (Å²) in [5.41, 5.74) is 2.58. The zero-order chi connectivity index (χ0) is 27.7. The molecule has 9 nitrogen and oxygen atoms in total. The minimum Gasteiger partial charge on any atom is -0.508 e. The van der Waals surface area contributed by atoms with Crippen molar-refractivity contribution in [2.75, 3.05) is 27.9 Å². The first-order valence-electron chi connectivity index (χ1n) is 12.3. The van der Waals surface area contributed by atoms with Crippen LogP contribution >= 0.6 is 0 Å². The first-order chi connectivity index (χ1) is 18.9. The number of carbonyl (C=O) groups is 2. The van der Waals surface area contributed by atoms with Crippen LogP contribution in [-0.4, -0.2) is 59.7 Å². The van der Waals surface area contributed by atoms with E-state index >= 15 is 0 Å². The summed E-state index contributed by atoms with van der Waals surface area (Å²) >= 11 is 0. The average molecular weight is 529 g/mol. The molecule has 1 aliphatic heterocycles. The first-order valence-corrected chi connectivity index (χ1v) is 12.3. The number of methoxy groups -OCH3 is 3. The van der Waals surface area contributed by atoms with Gasteiger partial charge in [0.05, 0.1) is 32.9 Å². The number of aromatic amines is 1. The van der Waals surface area contributed by atoms with Crippen molar-refractivity contribution in [1.29, 1.82) is 0 Å². The summed E-state index contributed by atoms with van der Waals surface area (Å²) in [7, 11) is 4.56. The molecule has 1 aromatic heterocycles. The van der Waals surface area contributed by atoms with Crippen LogP contribution in [0.2, 0.25) is 0 Å². The van der Waals surface area contributed by atoms with Crippen LogP contribution < -0.4 is 14.2 Å². The Morgan fingerprint density at radius 3 is 2.46 bits per heavy atom. The number of rotatable bonds is 8. The van der Waals surface area contributed by atoms with Gasteiger partial charge in [0, 0.05) is 29.2 Å². The lowest BCUT2D eigenvalue weighted by Gasteiger charge is -2.25. The van der Waals surface area contributed by atoms with Gasteiger partial charge in [0.2, 0.25) is 0 Å². The van der Waals surface area contributed by atoms with Gasteiger partial charge in [-0.15, -0.1) is 0 Å². The molecule has 1 unspecified atom stereocenters. The molecule has 0 radical (unpaired) electrons. The number of Topliss-reactive ketones (excluding diaryl/α,β-unsaturated/α-hetero) is 1. The molecular weight excluding hydrogens is 500 g/mol. The lowest BCUT2D eigenvalue weighted by atomic mass is 9.95. The Morgan fingerprint density at radius 1 is 0.949 bits per heavy atom. The molecule has 3 aromatic carbocycles. The average Bonchev–Trinajstić information content (AvgIpc) is 3.48. The van der Waals surface area contributed by atoms with Crippen LogP contribution in [0, 0.1) is 0 Å². The van der Waals surface area contributed by atoms with Gasteiger partial charge in [-0.3, -0.25) is 9.59 Å². The standard InChI is InChI=1S/C30H28N2O7/c1-37-21-8-9-23-22(15-21)19(16-31-23)11-12-32-27(17-5-4-6-20(33)13-17)26(29(35)30(32)36)28(34)18-7-10-24(38-2)25(14-18)39-3/h4-10,13-16,27,31,33-34H,11-12H2,1-3H3/b28-26-. The summed E-state index contributed by atoms with van der Waals surface area (Å²) in [5, 5.41) is 22.5. The van der Waals surface area contributed by atoms with Crippen molar-refractivity contribution in [3.63, 3.8) is 0 Å². The lowest BCUT2D eigenvalue weighted by molar-refractivity contribution is -0.139. The molecule has 1 aliphatic rings. The molecule has 0 aliphatic carbocycles. The van der Waals surface area contributed by atoms with E-state index in [1.807, 2.05) is 24.4 Å². The molecule has 1 atom stereocenters. The van der Waals surface area contributed by atoms with Gasteiger partial charge < -0.3 is 34.3 Å². The van der Waals surface area contributed by atoms with Crippen molar-refractivity contribution in [1.82, 2.24) is 9.88 Å². The predicted octanol–water partition coefficient (Wildman–Crippen LogP) is 4.56. The topological polar surface area (TPSA) is 121 Å². The van der Waals surface area contributed by atoms with Crippen molar-refractivity contribution in [3.8, 4) is 23.0 Å². The molecule has 1 amide bonds. The molecule has 2 heterocycles. The van der Waals surface area contributed by atoms with E-state index < -0.39 is 17.7 Å². The number of fused-ring (bicyclic) bond motifs is 1. The second-order valence-corrected chi connectivity index (χ2v) is 9.13. The highest BCUT2D eigenvalue weighted by Gasteiger charge is 2.46. The maximum absolute atomic E-state index is 13.4. The number of hydrogen-bond donors (Lipinski definition) is 3. The molecule has 3 N–H and O–H groups in total. The second kappa shape index (κ2) is 10.4. The molecule has 0 spiro atoms. The Morgan fingerprint density at radius 2 is 1.74 bits per heavy atom. The van der Waals surface area contributed by atoms with Crippen molar-refractivity contribution >= 4 is 28.4 Å². The number of hydrogen-bond acceptors (Lipinski definition) is 7. The number of aliphatic hydroxyl groups excluding tert-OH is 1. The third kappa shape index (κ3) is 4.63. The van der Waals surface area contributed by atoms with Gasteiger partial charge in [0.1, 0.15) is 17.3 Å². The Hall–Kier alpha value is -4.92. The molecule has 4 aromatic rings. The zero-order valence-electron chi connectivity index (χ0n) is 21.7. The number of likely N-dealkylation sites (tertiary alicyclic amines) is 1. The zero-order valence-corrected chi connectivity index (χ0v) is 21.7. The fourth-order valence-corrected chi connectivity index (χ4v) is 5.02. The van der Waals surface area contributed by atoms with E-state index in [1.165, 1.54) is 31.3 Å². The van der Waals surface area contributed by atoms with Crippen LogP contribution in [0.4, 0.5) is 0 Å². The van der Waals surface area contributed by atoms with Gasteiger partial charge in [0.25, 0.3) is 11.7 Å². The third-order valence-corrected chi connectivity index (χ3v) is 6.98. The number of phenolic OH excluding ortho intramolecular Hbond substituents is 1. The number of nitrogens with zero attached hydrogens (tertiary/aromatic N) is 1. The van der Waals surface area contributed by atoms with Crippen LogP contribution in [0.25, 0.3) is 16.7 Å². The number of amides is 1. The van der Waals surface area contributed by atoms with E-state index in [0.29, 0.717) is 34.8 Å². The Bertz CT molecular complexity index is 1600. The van der Waals surface area contributed by atoms with Crippen molar-refractivity contribution in [3.05, 3.63) is 89.1 Å². The fourth-order valence-electron chi connectivity index (χ4n) is 5.02. The van der Waals surface area contributed by atoms with E-state index in [9.17, 15) is 19.8 Å². The molecule has 39 heavy (non-hydrogen) atoms. The summed E-state index contributed by atoms with van der Waals surface area (Å²) in [6.07, 6.45) is 2.31. The molecule has 1 fully saturated rings. The van der Waals surface area contributed by atoms with Crippen LogP contribution in [0.5, 0.6) is 23.0 Å². The number of carbonyl (C=O) groups excluding carboxylic acids is 2. The number of benzene rings is 3. The van der Waals surface area contributed by atoms with E-state index in [-0.39, 0.29) is 23.6 Å². The van der Waals surface area contributed by atoms with Crippen LogP contribution in [-0.2, 0) is 16.0 Å². The summed E-state index contributed by atoms with van der Waals surface area (Å²) in [4.78, 5) is 31.4. The molecule has 9 heteroatoms. The van der Waals surface area contributed by atoms with E-state index in [0.717, 1.165) is 16.5 Å². The predicted molar refractivity (Wildman–Crippen MR) is 145 cm³/mol. The smallest absolute Gasteiger partial charge is 0.295 e. The summed E-state index contributed by atoms with van der Waals surface area (Å²) in [6, 6.07) is 15.8. The van der Waals surface area contributed by atoms with Gasteiger partial charge in [-0.2, -0.15) is 0 Å². The third-order valence-electron chi connectivity index (χ3n) is 6.98. The number of ether oxygens (including phenoxy) is 3. The van der Waals surface area contributed by atoms with Crippen LogP contribution in [0.15, 0.2) is 72.4 Å². The van der Waals surface area contributed by atoms with Gasteiger partial charge in [-0.25, -0.2) is 0 Å². The lowest BCUT2D eigenvalue weighted by Crippen LogP contribution is -2.31. The Balaban J connectivity index is 1.57. The highest BCUT2D eigenvalue weighted by atomic mass is 16.5. The van der Waals surface area contributed by atoms with E-state index in [2.05, 4.69) is 4.98 Å². The van der Waals surface area contributed by atoms with E-state index in [4.69, 9.17) is 14.2 Å². The number of phenols is 1. The number of ketones is 1. The van der Waals surface area contributed by atoms with E-state index in [1.54, 1.807) is 37.4 Å². The van der Waals surface area contributed by atoms with Crippen molar-refractivity contribution < 1.29 is 34.0 Å². The minimum atomic E-state index is -0.912. The number of nitrogens with one attached hydrogen (secondary N) is 1. The largest absolute Gasteiger partial charge is 0.508 e. The van der Waals surface area contributed by atoms with Crippen molar-refractivity contribution in [2.24, 2.45) is 0 Å². The summed E-state index contributed by atoms with van der Waals surface area (Å²) < 4.78 is 16.0. The van der Waals surface area contributed by atoms with Gasteiger partial charge >= 0.3 is 0 Å². The number of aromatic nitrogens is 1. The second-order valence-electron chi connectivity index (χ2n) is 9.13. The Kier molecular flexibility index (Phi) is 6.89. The summed E-state index contributed by atoms with van der Waals surface area (Å²) in [5.74, 6) is -0.388.